The van der Waals surface area contributed by atoms with Crippen molar-refractivity contribution < 1.29 is 34.4 Å². The number of aromatic hydroxyl groups is 1. The van der Waals surface area contributed by atoms with Gasteiger partial charge in [-0.15, -0.1) is 0 Å². The van der Waals surface area contributed by atoms with Gasteiger partial charge in [0.2, 0.25) is 0 Å². The van der Waals surface area contributed by atoms with E-state index in [0.29, 0.717) is 12.2 Å². The fraction of sp³-hybridized carbons (Fsp3) is 0.263. The van der Waals surface area contributed by atoms with Gasteiger partial charge in [-0.2, -0.15) is 0 Å². The second-order valence-corrected chi connectivity index (χ2v) is 5.48. The molecule has 7 nitrogen and oxygen atoms in total. The van der Waals surface area contributed by atoms with Crippen LogP contribution in [0.3, 0.4) is 0 Å². The Morgan fingerprint density at radius 2 is 1.81 bits per heavy atom. The normalized spacial score (nSPS) is 10.3. The van der Waals surface area contributed by atoms with Crippen LogP contribution in [0.25, 0.3) is 0 Å². The van der Waals surface area contributed by atoms with Gasteiger partial charge >= 0.3 is 5.97 Å². The van der Waals surface area contributed by atoms with Crippen LogP contribution in [0.5, 0.6) is 17.2 Å². The first-order valence-electron chi connectivity index (χ1n) is 8.03. The van der Waals surface area contributed by atoms with E-state index in [1.165, 1.54) is 18.2 Å². The highest BCUT2D eigenvalue weighted by atomic mass is 16.5. The van der Waals surface area contributed by atoms with Crippen LogP contribution in [0.2, 0.25) is 0 Å². The fourth-order valence-electron chi connectivity index (χ4n) is 2.40. The summed E-state index contributed by atoms with van der Waals surface area (Å²) in [5.41, 5.74) is 0.832. The highest BCUT2D eigenvalue weighted by molar-refractivity contribution is 6.01. The van der Waals surface area contributed by atoms with Crippen molar-refractivity contribution in [1.82, 2.24) is 0 Å². The summed E-state index contributed by atoms with van der Waals surface area (Å²) in [5.74, 6) is -1.15. The number of aliphatic hydroxyl groups excluding tert-OH is 1. The average molecular weight is 360 g/mol. The molecule has 0 fully saturated rings. The van der Waals surface area contributed by atoms with Gasteiger partial charge < -0.3 is 24.8 Å². The molecule has 0 aromatic heterocycles. The number of hydrogen-bond donors (Lipinski definition) is 3. The van der Waals surface area contributed by atoms with Crippen LogP contribution < -0.4 is 9.47 Å². The minimum Gasteiger partial charge on any atom is -0.507 e. The van der Waals surface area contributed by atoms with E-state index < -0.39 is 12.6 Å². The largest absolute Gasteiger partial charge is 0.507 e. The van der Waals surface area contributed by atoms with Gasteiger partial charge in [0.1, 0.15) is 29.4 Å². The summed E-state index contributed by atoms with van der Waals surface area (Å²) >= 11 is 0. The van der Waals surface area contributed by atoms with Gasteiger partial charge in [-0.3, -0.25) is 4.79 Å². The number of aliphatic carboxylic acids is 1. The first-order chi connectivity index (χ1) is 12.5. The van der Waals surface area contributed by atoms with Crippen molar-refractivity contribution in [2.75, 3.05) is 19.8 Å². The van der Waals surface area contributed by atoms with Crippen molar-refractivity contribution in [3.63, 3.8) is 0 Å². The molecule has 2 rings (SSSR count). The molecule has 0 atom stereocenters. The van der Waals surface area contributed by atoms with Gasteiger partial charge in [0.05, 0.1) is 6.61 Å². The Morgan fingerprint density at radius 1 is 1.04 bits per heavy atom. The lowest BCUT2D eigenvalue weighted by molar-refractivity contribution is -0.139. The zero-order valence-corrected chi connectivity index (χ0v) is 14.1. The maximum atomic E-state index is 12.5. The van der Waals surface area contributed by atoms with Crippen LogP contribution in [0.1, 0.15) is 22.3 Å². The minimum atomic E-state index is -1.17. The fourth-order valence-corrected chi connectivity index (χ4v) is 2.40. The molecule has 0 saturated carbocycles. The Bertz CT molecular complexity index is 770. The molecule has 0 amide bonds. The third-order valence-electron chi connectivity index (χ3n) is 3.53. The molecule has 0 saturated heterocycles. The zero-order chi connectivity index (χ0) is 18.9. The summed E-state index contributed by atoms with van der Waals surface area (Å²) in [4.78, 5) is 23.2. The number of ketones is 1. The zero-order valence-electron chi connectivity index (χ0n) is 14.1. The lowest BCUT2D eigenvalue weighted by atomic mass is 10.0. The van der Waals surface area contributed by atoms with E-state index in [-0.39, 0.29) is 42.5 Å². The number of carboxylic acids is 1. The molecule has 2 aromatic carbocycles. The topological polar surface area (TPSA) is 113 Å². The summed E-state index contributed by atoms with van der Waals surface area (Å²) in [6.45, 7) is -0.506. The van der Waals surface area contributed by atoms with E-state index >= 15 is 0 Å². The predicted molar refractivity (Wildman–Crippen MR) is 92.9 cm³/mol. The number of aliphatic hydroxyl groups is 1. The van der Waals surface area contributed by atoms with Crippen LogP contribution in [0.4, 0.5) is 0 Å². The third-order valence-corrected chi connectivity index (χ3v) is 3.53. The Kier molecular flexibility index (Phi) is 6.99. The molecule has 0 aliphatic carbocycles. The van der Waals surface area contributed by atoms with Crippen LogP contribution in [0.15, 0.2) is 42.5 Å². The van der Waals surface area contributed by atoms with E-state index in [2.05, 4.69) is 0 Å². The van der Waals surface area contributed by atoms with E-state index in [1.54, 1.807) is 18.2 Å². The van der Waals surface area contributed by atoms with E-state index in [9.17, 15) is 14.7 Å². The van der Waals surface area contributed by atoms with Crippen LogP contribution in [0, 0.1) is 0 Å². The molecule has 0 heterocycles. The van der Waals surface area contributed by atoms with Crippen molar-refractivity contribution in [3.8, 4) is 17.2 Å². The standard InChI is InChI=1S/C19H20O7/c20-9-10-25-14-4-1-3-13(11-14)7-8-16(22)19-15(21)5-2-6-17(19)26-12-18(23)24/h1-6,11,20-21H,7-10,12H2,(H,23,24). The van der Waals surface area contributed by atoms with Gasteiger partial charge in [0.15, 0.2) is 12.4 Å². The lowest BCUT2D eigenvalue weighted by Gasteiger charge is -2.11. The summed E-state index contributed by atoms with van der Waals surface area (Å²) in [5, 5.41) is 27.5. The van der Waals surface area contributed by atoms with Gasteiger partial charge in [-0.05, 0) is 36.2 Å². The van der Waals surface area contributed by atoms with Gasteiger partial charge in [0.25, 0.3) is 0 Å². The van der Waals surface area contributed by atoms with Gasteiger partial charge in [0, 0.05) is 6.42 Å². The number of phenolic OH excluding ortho intramolecular Hbond substituents is 1. The molecular formula is C19H20O7. The number of aryl methyl sites for hydroxylation is 1. The highest BCUT2D eigenvalue weighted by Gasteiger charge is 2.18. The van der Waals surface area contributed by atoms with Gasteiger partial charge in [-0.1, -0.05) is 18.2 Å². The monoisotopic (exact) mass is 360 g/mol. The quantitative estimate of drug-likeness (QED) is 0.556. The van der Waals surface area contributed by atoms with Gasteiger partial charge in [-0.25, -0.2) is 4.79 Å². The second kappa shape index (κ2) is 9.43. The summed E-state index contributed by atoms with van der Waals surface area (Å²) in [6, 6.07) is 11.4. The Morgan fingerprint density at radius 3 is 2.54 bits per heavy atom. The minimum absolute atomic E-state index is 0.0264. The van der Waals surface area contributed by atoms with Crippen LogP contribution in [-0.2, 0) is 11.2 Å². The number of carbonyl (C=O) groups is 2. The maximum absolute atomic E-state index is 12.5. The van der Waals surface area contributed by atoms with E-state index in [4.69, 9.17) is 19.7 Å². The summed E-state index contributed by atoms with van der Waals surface area (Å²) in [7, 11) is 0. The Hall–Kier alpha value is -3.06. The highest BCUT2D eigenvalue weighted by Crippen LogP contribution is 2.29. The molecule has 0 radical (unpaired) electrons. The Labute approximate surface area is 150 Å². The SMILES string of the molecule is O=C(O)COc1cccc(O)c1C(=O)CCc1cccc(OCCO)c1. The van der Waals surface area contributed by atoms with Crippen LogP contribution in [-0.4, -0.2) is 46.9 Å². The number of ether oxygens (including phenoxy) is 2. The molecule has 0 unspecified atom stereocenters. The molecule has 0 spiro atoms. The molecule has 26 heavy (non-hydrogen) atoms. The predicted octanol–water partition coefficient (Wildman–Crippen LogP) is 2.04. The number of carbonyl (C=O) groups excluding carboxylic acids is 1. The number of carboxylic acid groups (broad SMARTS) is 1. The smallest absolute Gasteiger partial charge is 0.341 e. The average Bonchev–Trinajstić information content (AvgIpc) is 2.63. The van der Waals surface area contributed by atoms with E-state index in [1.807, 2.05) is 6.07 Å². The molecule has 7 heteroatoms. The molecule has 0 aliphatic rings. The van der Waals surface area contributed by atoms with E-state index in [0.717, 1.165) is 5.56 Å². The van der Waals surface area contributed by atoms with Crippen molar-refractivity contribution in [1.29, 1.82) is 0 Å². The molecule has 0 bridgehead atoms. The maximum Gasteiger partial charge on any atom is 0.341 e. The number of Topliss-reactive ketones (excluding diaryl/α,β-unsaturated/α-hetero) is 1. The lowest BCUT2D eigenvalue weighted by Crippen LogP contribution is -2.12. The number of rotatable bonds is 10. The van der Waals surface area contributed by atoms with Crippen molar-refractivity contribution in [2.45, 2.75) is 12.8 Å². The second-order valence-electron chi connectivity index (χ2n) is 5.48. The molecule has 3 N–H and O–H groups in total. The first-order valence-corrected chi connectivity index (χ1v) is 8.03. The number of hydrogen-bond acceptors (Lipinski definition) is 6. The number of benzene rings is 2. The molecule has 0 aliphatic heterocycles. The summed E-state index contributed by atoms with van der Waals surface area (Å²) < 4.78 is 10.4. The third kappa shape index (κ3) is 5.49. The molecule has 2 aromatic rings. The molecule has 138 valence electrons. The first kappa shape index (κ1) is 19.3. The van der Waals surface area contributed by atoms with Crippen LogP contribution >= 0.6 is 0 Å². The summed E-state index contributed by atoms with van der Waals surface area (Å²) in [6.07, 6.45) is 0.506. The Balaban J connectivity index is 2.07. The van der Waals surface area contributed by atoms with Crippen molar-refractivity contribution in [2.24, 2.45) is 0 Å². The van der Waals surface area contributed by atoms with Crippen molar-refractivity contribution in [3.05, 3.63) is 53.6 Å². The molecular weight excluding hydrogens is 340 g/mol. The number of phenols is 1. The van der Waals surface area contributed by atoms with Crippen molar-refractivity contribution >= 4 is 11.8 Å².